The molecule has 0 fully saturated rings. The van der Waals surface area contributed by atoms with Crippen LogP contribution in [-0.4, -0.2) is 19.2 Å². The van der Waals surface area contributed by atoms with Crippen molar-refractivity contribution in [1.82, 2.24) is 0 Å². The first-order valence-electron chi connectivity index (χ1n) is 9.33. The third-order valence-corrected chi connectivity index (χ3v) is 4.91. The monoisotopic (exact) mass is 410 g/mol. The van der Waals surface area contributed by atoms with Crippen molar-refractivity contribution in [3.05, 3.63) is 93.3 Å². The zero-order valence-corrected chi connectivity index (χ0v) is 16.4. The van der Waals surface area contributed by atoms with Crippen LogP contribution in [0.3, 0.4) is 0 Å². The number of para-hydroxylation sites is 1. The largest absolute Gasteiger partial charge is 0.489 e. The second kappa shape index (κ2) is 8.02. The normalized spacial score (nSPS) is 17.2. The van der Waals surface area contributed by atoms with E-state index in [-0.39, 0.29) is 23.7 Å². The van der Waals surface area contributed by atoms with E-state index in [1.165, 1.54) is 19.2 Å². The molecule has 6 nitrogen and oxygen atoms in total. The molecule has 1 aliphatic rings. The summed E-state index contributed by atoms with van der Waals surface area (Å²) in [4.78, 5) is 25.0. The topological polar surface area (TPSA) is 75.0 Å². The molecule has 4 rings (SSSR count). The summed E-state index contributed by atoms with van der Waals surface area (Å²) < 4.78 is 35.3. The molecule has 2 heterocycles. The fraction of sp³-hybridized carbons (Fsp3) is 0.217. The summed E-state index contributed by atoms with van der Waals surface area (Å²) in [6.45, 7) is 1.74. The number of carbonyl (C=O) groups excluding carboxylic acids is 1. The zero-order chi connectivity index (χ0) is 21.3. The summed E-state index contributed by atoms with van der Waals surface area (Å²) in [5, 5.41) is 0. The highest BCUT2D eigenvalue weighted by atomic mass is 19.1. The Balaban J connectivity index is 1.75. The second-order valence-electron chi connectivity index (χ2n) is 6.92. The first-order chi connectivity index (χ1) is 14.5. The van der Waals surface area contributed by atoms with Crippen LogP contribution in [0.2, 0.25) is 0 Å². The van der Waals surface area contributed by atoms with Gasteiger partial charge in [0.25, 0.3) is 0 Å². The molecule has 2 aromatic carbocycles. The number of methoxy groups -OCH3 is 1. The van der Waals surface area contributed by atoms with Crippen molar-refractivity contribution >= 4 is 5.97 Å². The van der Waals surface area contributed by atoms with Gasteiger partial charge in [0.2, 0.25) is 6.10 Å². The van der Waals surface area contributed by atoms with Gasteiger partial charge < -0.3 is 18.6 Å². The lowest BCUT2D eigenvalue weighted by Crippen LogP contribution is -2.32. The number of hydrogen-bond acceptors (Lipinski definition) is 6. The lowest BCUT2D eigenvalue weighted by Gasteiger charge is -2.20. The molecule has 0 N–H and O–H groups in total. The number of carbonyl (C=O) groups is 1. The van der Waals surface area contributed by atoms with Crippen LogP contribution in [-0.2, 0) is 16.1 Å². The van der Waals surface area contributed by atoms with Gasteiger partial charge in [0.05, 0.1) is 18.6 Å². The minimum Gasteiger partial charge on any atom is -0.489 e. The Hall–Kier alpha value is -3.61. The number of aryl methyl sites for hydroxylation is 1. The summed E-state index contributed by atoms with van der Waals surface area (Å²) in [6.07, 6.45) is -1.06. The van der Waals surface area contributed by atoms with Gasteiger partial charge in [0.15, 0.2) is 0 Å². The molecule has 0 bridgehead atoms. The van der Waals surface area contributed by atoms with Crippen LogP contribution in [0.1, 0.15) is 28.4 Å². The van der Waals surface area contributed by atoms with E-state index in [2.05, 4.69) is 0 Å². The molecule has 0 saturated carbocycles. The van der Waals surface area contributed by atoms with Crippen molar-refractivity contribution in [2.45, 2.75) is 25.6 Å². The van der Waals surface area contributed by atoms with Gasteiger partial charge in [0, 0.05) is 11.6 Å². The van der Waals surface area contributed by atoms with Crippen LogP contribution in [0, 0.1) is 12.7 Å². The molecule has 0 saturated heterocycles. The molecular weight excluding hydrogens is 391 g/mol. The number of esters is 1. The molecule has 2 atom stereocenters. The van der Waals surface area contributed by atoms with Crippen LogP contribution in [0.15, 0.2) is 63.8 Å². The molecule has 0 radical (unpaired) electrons. The predicted molar refractivity (Wildman–Crippen MR) is 105 cm³/mol. The van der Waals surface area contributed by atoms with E-state index >= 15 is 0 Å². The quantitative estimate of drug-likeness (QED) is 0.597. The Kier molecular flexibility index (Phi) is 5.27. The van der Waals surface area contributed by atoms with Crippen LogP contribution >= 0.6 is 0 Å². The second-order valence-corrected chi connectivity index (χ2v) is 6.92. The van der Waals surface area contributed by atoms with Crippen molar-refractivity contribution in [3.8, 4) is 11.5 Å². The maximum atomic E-state index is 13.5. The lowest BCUT2D eigenvalue weighted by molar-refractivity contribution is -0.148. The summed E-state index contributed by atoms with van der Waals surface area (Å²) in [5.41, 5.74) is 0.867. The van der Waals surface area contributed by atoms with Crippen LogP contribution < -0.4 is 15.1 Å². The Bertz CT molecular complexity index is 1150. The fourth-order valence-corrected chi connectivity index (χ4v) is 3.60. The highest BCUT2D eigenvalue weighted by Gasteiger charge is 2.45. The summed E-state index contributed by atoms with van der Waals surface area (Å²) >= 11 is 0. The number of benzene rings is 2. The minimum atomic E-state index is -1.06. The number of rotatable bonds is 5. The molecule has 1 aromatic heterocycles. The Morgan fingerprint density at radius 2 is 1.93 bits per heavy atom. The highest BCUT2D eigenvalue weighted by molar-refractivity contribution is 5.79. The molecule has 0 aliphatic carbocycles. The van der Waals surface area contributed by atoms with Gasteiger partial charge >= 0.3 is 11.6 Å². The van der Waals surface area contributed by atoms with Gasteiger partial charge in [-0.05, 0) is 30.7 Å². The Morgan fingerprint density at radius 1 is 1.13 bits per heavy atom. The van der Waals surface area contributed by atoms with Crippen LogP contribution in [0.25, 0.3) is 0 Å². The van der Waals surface area contributed by atoms with Gasteiger partial charge in [-0.15, -0.1) is 0 Å². The van der Waals surface area contributed by atoms with E-state index in [4.69, 9.17) is 18.6 Å². The third-order valence-electron chi connectivity index (χ3n) is 4.91. The van der Waals surface area contributed by atoms with Crippen molar-refractivity contribution in [2.75, 3.05) is 7.11 Å². The number of fused-ring (bicyclic) bond motifs is 1. The third kappa shape index (κ3) is 3.66. The van der Waals surface area contributed by atoms with Crippen LogP contribution in [0.4, 0.5) is 4.39 Å². The maximum Gasteiger partial charge on any atom is 0.348 e. The molecule has 154 valence electrons. The highest BCUT2D eigenvalue weighted by Crippen LogP contribution is 2.44. The van der Waals surface area contributed by atoms with Gasteiger partial charge in [-0.3, -0.25) is 0 Å². The molecule has 0 unspecified atom stereocenters. The molecule has 7 heteroatoms. The van der Waals surface area contributed by atoms with Crippen molar-refractivity contribution in [2.24, 2.45) is 0 Å². The Morgan fingerprint density at radius 3 is 2.70 bits per heavy atom. The first-order valence-corrected chi connectivity index (χ1v) is 9.33. The molecule has 3 aromatic rings. The van der Waals surface area contributed by atoms with Crippen LogP contribution in [0.5, 0.6) is 11.5 Å². The molecule has 30 heavy (non-hydrogen) atoms. The molecule has 1 aliphatic heterocycles. The average Bonchev–Trinajstić information content (AvgIpc) is 3.11. The van der Waals surface area contributed by atoms with Crippen molar-refractivity contribution in [3.63, 3.8) is 0 Å². The smallest absolute Gasteiger partial charge is 0.348 e. The average molecular weight is 410 g/mol. The number of halogens is 1. The fourth-order valence-electron chi connectivity index (χ4n) is 3.60. The molecular formula is C23H19FO6. The first kappa shape index (κ1) is 19.7. The summed E-state index contributed by atoms with van der Waals surface area (Å²) in [6, 6.07) is 14.7. The van der Waals surface area contributed by atoms with Gasteiger partial charge in [0.1, 0.15) is 29.7 Å². The van der Waals surface area contributed by atoms with E-state index in [1.54, 1.807) is 49.4 Å². The summed E-state index contributed by atoms with van der Waals surface area (Å²) in [5.74, 6) is -0.651. The minimum absolute atomic E-state index is 0.112. The van der Waals surface area contributed by atoms with E-state index in [9.17, 15) is 14.0 Å². The predicted octanol–water partition coefficient (Wildman–Crippen LogP) is 3.73. The Labute approximate surface area is 171 Å². The standard InChI is InChI=1S/C23H19FO6/c1-13-10-18-20(22(25)29-13)19(21(30-18)23(26)27-2)16-8-3-4-9-17(16)28-12-14-6-5-7-15(24)11-14/h3-11,19,21H,12H2,1-2H3/t19-,21+/m0/s1. The molecule has 0 amide bonds. The summed E-state index contributed by atoms with van der Waals surface area (Å²) in [7, 11) is 1.26. The van der Waals surface area contributed by atoms with Gasteiger partial charge in [-0.1, -0.05) is 30.3 Å². The van der Waals surface area contributed by atoms with Gasteiger partial charge in [-0.2, -0.15) is 0 Å². The number of hydrogen-bond donors (Lipinski definition) is 0. The van der Waals surface area contributed by atoms with Gasteiger partial charge in [-0.25, -0.2) is 14.0 Å². The van der Waals surface area contributed by atoms with E-state index in [0.29, 0.717) is 22.6 Å². The number of ether oxygens (including phenoxy) is 3. The lowest BCUT2D eigenvalue weighted by atomic mass is 9.88. The van der Waals surface area contributed by atoms with E-state index < -0.39 is 23.6 Å². The van der Waals surface area contributed by atoms with E-state index in [0.717, 1.165) is 0 Å². The molecule has 0 spiro atoms. The van der Waals surface area contributed by atoms with Crippen molar-refractivity contribution < 1.29 is 27.8 Å². The SMILES string of the molecule is COC(=O)[C@@H]1Oc2cc(C)oc(=O)c2[C@@H]1c1ccccc1OCc1cccc(F)c1. The van der Waals surface area contributed by atoms with E-state index in [1.807, 2.05) is 0 Å². The zero-order valence-electron chi connectivity index (χ0n) is 16.4. The van der Waals surface area contributed by atoms with Crippen molar-refractivity contribution in [1.29, 1.82) is 0 Å². The maximum absolute atomic E-state index is 13.5.